The number of aliphatic carboxylic acids is 1. The van der Waals surface area contributed by atoms with Crippen molar-refractivity contribution in [3.8, 4) is 0 Å². The summed E-state index contributed by atoms with van der Waals surface area (Å²) in [7, 11) is 2.59. The maximum atomic E-state index is 13.8. The molecule has 218 valence electrons. The predicted molar refractivity (Wildman–Crippen MR) is 150 cm³/mol. The van der Waals surface area contributed by atoms with Gasteiger partial charge in [-0.2, -0.15) is 0 Å². The van der Waals surface area contributed by atoms with E-state index in [1.54, 1.807) is 69.3 Å². The fraction of sp³-hybridized carbons (Fsp3) is 0.467. The van der Waals surface area contributed by atoms with Gasteiger partial charge in [0.05, 0.1) is 13.0 Å². The minimum absolute atomic E-state index is 0.0365. The number of nitrogens with zero attached hydrogens (tertiary/aromatic N) is 1. The number of esters is 1. The van der Waals surface area contributed by atoms with Gasteiger partial charge in [0.15, 0.2) is 5.54 Å². The molecule has 1 unspecified atom stereocenters. The first kappa shape index (κ1) is 32.1. The van der Waals surface area contributed by atoms with Gasteiger partial charge in [0.25, 0.3) is 0 Å². The zero-order chi connectivity index (χ0) is 30.1. The number of amides is 2. The second-order valence-electron chi connectivity index (χ2n) is 11.0. The molecule has 0 saturated heterocycles. The molecular formula is C30H40N2O8. The molecule has 0 spiro atoms. The van der Waals surface area contributed by atoms with Crippen LogP contribution in [0.5, 0.6) is 0 Å². The first-order valence-electron chi connectivity index (χ1n) is 13.0. The normalized spacial score (nSPS) is 13.5. The maximum Gasteiger partial charge on any atom is 0.411 e. The third-order valence-electron chi connectivity index (χ3n) is 6.27. The Bertz CT molecular complexity index is 1160. The number of hydrogen-bond donors (Lipinski definition) is 2. The monoisotopic (exact) mass is 556 g/mol. The number of anilines is 1. The maximum absolute atomic E-state index is 13.8. The highest BCUT2D eigenvalue weighted by Crippen LogP contribution is 2.37. The second-order valence-corrected chi connectivity index (χ2v) is 11.0. The van der Waals surface area contributed by atoms with Crippen molar-refractivity contribution < 1.29 is 38.5 Å². The Morgan fingerprint density at radius 1 is 0.950 bits per heavy atom. The molecule has 0 aliphatic rings. The summed E-state index contributed by atoms with van der Waals surface area (Å²) in [5.74, 6) is -3.62. The van der Waals surface area contributed by atoms with Crippen LogP contribution in [0.2, 0.25) is 0 Å². The molecule has 2 aromatic rings. The molecule has 0 aliphatic heterocycles. The Balaban J connectivity index is 2.57. The first-order valence-corrected chi connectivity index (χ1v) is 13.0. The fourth-order valence-electron chi connectivity index (χ4n) is 4.41. The van der Waals surface area contributed by atoms with Crippen molar-refractivity contribution in [2.24, 2.45) is 11.8 Å². The van der Waals surface area contributed by atoms with E-state index in [0.717, 1.165) is 10.5 Å². The van der Waals surface area contributed by atoms with Crippen LogP contribution in [0.4, 0.5) is 15.3 Å². The topological polar surface area (TPSA) is 131 Å². The summed E-state index contributed by atoms with van der Waals surface area (Å²) in [6.07, 6.45) is -1.60. The van der Waals surface area contributed by atoms with Gasteiger partial charge in [0.1, 0.15) is 12.2 Å². The lowest BCUT2D eigenvalue weighted by atomic mass is 9.73. The zero-order valence-electron chi connectivity index (χ0n) is 24.2. The van der Waals surface area contributed by atoms with Gasteiger partial charge >= 0.3 is 24.1 Å². The van der Waals surface area contributed by atoms with E-state index in [0.29, 0.717) is 11.3 Å². The average molecular weight is 557 g/mol. The molecule has 2 N–H and O–H groups in total. The number of hydrogen-bond acceptors (Lipinski definition) is 7. The lowest BCUT2D eigenvalue weighted by molar-refractivity contribution is -0.169. The Hall–Kier alpha value is -4.08. The van der Waals surface area contributed by atoms with Crippen molar-refractivity contribution in [3.63, 3.8) is 0 Å². The van der Waals surface area contributed by atoms with E-state index in [-0.39, 0.29) is 25.4 Å². The molecule has 10 heteroatoms. The number of methoxy groups -OCH3 is 1. The van der Waals surface area contributed by atoms with Crippen molar-refractivity contribution >= 4 is 29.8 Å². The van der Waals surface area contributed by atoms with E-state index in [1.807, 2.05) is 19.9 Å². The molecule has 0 fully saturated rings. The highest BCUT2D eigenvalue weighted by atomic mass is 16.6. The van der Waals surface area contributed by atoms with Gasteiger partial charge in [0.2, 0.25) is 0 Å². The summed E-state index contributed by atoms with van der Waals surface area (Å²) in [5.41, 5.74) is -1.09. The lowest BCUT2D eigenvalue weighted by Crippen LogP contribution is -2.63. The molecule has 0 heterocycles. The molecule has 0 aliphatic carbocycles. The Kier molecular flexibility index (Phi) is 11.1. The number of rotatable bonds is 11. The summed E-state index contributed by atoms with van der Waals surface area (Å²) in [6, 6.07) is 15.6. The third kappa shape index (κ3) is 8.72. The van der Waals surface area contributed by atoms with E-state index >= 15 is 0 Å². The number of likely N-dealkylation sites (N-methyl/N-ethyl adjacent to an activating group) is 1. The Morgan fingerprint density at radius 2 is 1.55 bits per heavy atom. The molecule has 2 amide bonds. The predicted octanol–water partition coefficient (Wildman–Crippen LogP) is 5.50. The van der Waals surface area contributed by atoms with Crippen LogP contribution in [-0.4, -0.2) is 59.4 Å². The van der Waals surface area contributed by atoms with Crippen LogP contribution < -0.4 is 5.32 Å². The van der Waals surface area contributed by atoms with Crippen molar-refractivity contribution in [2.45, 2.75) is 65.2 Å². The second kappa shape index (κ2) is 13.8. The fourth-order valence-corrected chi connectivity index (χ4v) is 4.41. The highest BCUT2D eigenvalue weighted by Gasteiger charge is 2.56. The van der Waals surface area contributed by atoms with Gasteiger partial charge in [0, 0.05) is 12.7 Å². The van der Waals surface area contributed by atoms with Gasteiger partial charge in [-0.25, -0.2) is 14.4 Å². The number of carbonyl (C=O) groups is 4. The number of benzene rings is 2. The highest BCUT2D eigenvalue weighted by molar-refractivity contribution is 5.91. The summed E-state index contributed by atoms with van der Waals surface area (Å²) in [4.78, 5) is 52.8. The van der Waals surface area contributed by atoms with Crippen LogP contribution in [0.15, 0.2) is 54.6 Å². The van der Waals surface area contributed by atoms with Crippen molar-refractivity contribution in [3.05, 3.63) is 65.7 Å². The van der Waals surface area contributed by atoms with Gasteiger partial charge in [-0.3, -0.25) is 15.0 Å². The Morgan fingerprint density at radius 3 is 2.05 bits per heavy atom. The smallest absolute Gasteiger partial charge is 0.411 e. The van der Waals surface area contributed by atoms with Crippen molar-refractivity contribution in [1.29, 1.82) is 0 Å². The largest absolute Gasteiger partial charge is 0.479 e. The van der Waals surface area contributed by atoms with Gasteiger partial charge < -0.3 is 19.3 Å². The van der Waals surface area contributed by atoms with Crippen LogP contribution in [0, 0.1) is 11.8 Å². The zero-order valence-corrected chi connectivity index (χ0v) is 24.2. The minimum Gasteiger partial charge on any atom is -0.479 e. The first-order chi connectivity index (χ1) is 18.7. The number of nitrogens with one attached hydrogen (secondary N) is 1. The van der Waals surface area contributed by atoms with Crippen molar-refractivity contribution in [2.75, 3.05) is 19.5 Å². The summed E-state index contributed by atoms with van der Waals surface area (Å²) in [6.45, 7) is 8.61. The molecule has 0 saturated carbocycles. The van der Waals surface area contributed by atoms with Gasteiger partial charge in [-0.05, 0) is 62.8 Å². The van der Waals surface area contributed by atoms with Crippen molar-refractivity contribution in [1.82, 2.24) is 4.90 Å². The van der Waals surface area contributed by atoms with Crippen LogP contribution in [0.1, 0.15) is 52.2 Å². The number of carbonyl (C=O) groups excluding carboxylic acids is 3. The van der Waals surface area contributed by atoms with E-state index < -0.39 is 41.2 Å². The lowest BCUT2D eigenvalue weighted by Gasteiger charge is -2.44. The van der Waals surface area contributed by atoms with E-state index in [2.05, 4.69) is 10.1 Å². The summed E-state index contributed by atoms with van der Waals surface area (Å²) >= 11 is 0. The molecular weight excluding hydrogens is 516 g/mol. The molecule has 0 aromatic heterocycles. The SMILES string of the molecule is COC(=O)Nc1ccc(CC(C(=O)OCc2ccccc2)[C@](CC(C)C)(C(=O)O)N(C)C(=O)OC(C)(C)C)cc1. The third-order valence-corrected chi connectivity index (χ3v) is 6.27. The summed E-state index contributed by atoms with van der Waals surface area (Å²) < 4.78 is 15.8. The molecule has 2 atom stereocenters. The number of carboxylic acids is 1. The average Bonchev–Trinajstić information content (AvgIpc) is 2.88. The van der Waals surface area contributed by atoms with E-state index in [1.165, 1.54) is 14.2 Å². The van der Waals surface area contributed by atoms with Crippen LogP contribution in [0.25, 0.3) is 0 Å². The van der Waals surface area contributed by atoms with Gasteiger partial charge in [-0.1, -0.05) is 56.3 Å². The molecule has 0 bridgehead atoms. The number of carboxylic acid groups (broad SMARTS) is 1. The molecule has 2 aromatic carbocycles. The molecule has 10 nitrogen and oxygen atoms in total. The van der Waals surface area contributed by atoms with Crippen LogP contribution in [-0.2, 0) is 36.8 Å². The van der Waals surface area contributed by atoms with Crippen LogP contribution >= 0.6 is 0 Å². The number of ether oxygens (including phenoxy) is 3. The van der Waals surface area contributed by atoms with E-state index in [9.17, 15) is 24.3 Å². The van der Waals surface area contributed by atoms with Crippen LogP contribution in [0.3, 0.4) is 0 Å². The molecule has 0 radical (unpaired) electrons. The summed E-state index contributed by atoms with van der Waals surface area (Å²) in [5, 5.41) is 13.3. The molecule has 2 rings (SSSR count). The Labute approximate surface area is 235 Å². The minimum atomic E-state index is -1.99. The van der Waals surface area contributed by atoms with E-state index in [4.69, 9.17) is 9.47 Å². The molecule has 40 heavy (non-hydrogen) atoms. The quantitative estimate of drug-likeness (QED) is 0.274. The standard InChI is InChI=1S/C30H40N2O8/c1-20(2)18-30(26(34)35,32(6)28(37)40-29(3,4)5)24(25(33)39-19-22-11-9-8-10-12-22)17-21-13-15-23(16-14-21)31-27(36)38-7/h8-16,20,24H,17-19H2,1-7H3,(H,31,36)(H,34,35)/t24?,30-/m1/s1. The van der Waals surface area contributed by atoms with Gasteiger partial charge in [-0.15, -0.1) is 0 Å².